The van der Waals surface area contributed by atoms with Gasteiger partial charge in [-0.15, -0.1) is 0 Å². The highest BCUT2D eigenvalue weighted by atomic mass is 28.4. The maximum atomic E-state index is 13.3. The van der Waals surface area contributed by atoms with Gasteiger partial charge in [0.2, 0.25) is 0 Å². The van der Waals surface area contributed by atoms with Gasteiger partial charge in [0, 0.05) is 18.4 Å². The summed E-state index contributed by atoms with van der Waals surface area (Å²) in [6, 6.07) is 21.3. The molecule has 0 amide bonds. The Balaban J connectivity index is 2.12. The summed E-state index contributed by atoms with van der Waals surface area (Å²) in [5.74, 6) is 2.11. The van der Waals surface area contributed by atoms with Crippen molar-refractivity contribution in [1.82, 2.24) is 0 Å². The smallest absolute Gasteiger partial charge is 0.319 e. The van der Waals surface area contributed by atoms with E-state index in [1.807, 2.05) is 6.92 Å². The minimum absolute atomic E-state index is 0.125. The van der Waals surface area contributed by atoms with Crippen molar-refractivity contribution in [2.24, 2.45) is 11.8 Å². The fraction of sp³-hybridized carbons (Fsp3) is 0.433. The number of carbonyl (C=O) groups excluding carboxylic acids is 1. The number of hydrogen-bond donors (Lipinski definition) is 0. The van der Waals surface area contributed by atoms with Crippen LogP contribution in [0.15, 0.2) is 84.1 Å². The number of ketones is 1. The van der Waals surface area contributed by atoms with E-state index >= 15 is 0 Å². The molecule has 0 bridgehead atoms. The van der Waals surface area contributed by atoms with Crippen LogP contribution < -0.4 is 10.4 Å². The Morgan fingerprint density at radius 3 is 1.94 bits per heavy atom. The Kier molecular flexibility index (Phi) is 8.17. The average Bonchev–Trinajstić information content (AvgIpc) is 2.79. The lowest BCUT2D eigenvalue weighted by atomic mass is 9.88. The van der Waals surface area contributed by atoms with Gasteiger partial charge in [-0.25, -0.2) is 0 Å². The number of benzene rings is 2. The summed E-state index contributed by atoms with van der Waals surface area (Å²) >= 11 is 0. The number of allylic oxidation sites excluding steroid dienone is 4. The molecule has 33 heavy (non-hydrogen) atoms. The van der Waals surface area contributed by atoms with Crippen LogP contribution in [0.1, 0.15) is 67.2 Å². The Bertz CT molecular complexity index is 941. The van der Waals surface area contributed by atoms with Crippen LogP contribution >= 0.6 is 0 Å². The fourth-order valence-corrected chi connectivity index (χ4v) is 9.48. The second-order valence-electron chi connectivity index (χ2n) is 10.7. The highest BCUT2D eigenvalue weighted by Gasteiger charge is 2.52. The van der Waals surface area contributed by atoms with Crippen LogP contribution in [-0.4, -0.2) is 14.1 Å². The Labute approximate surface area is 201 Å². The monoisotopic (exact) mass is 460 g/mol. The number of hydrogen-bond acceptors (Lipinski definition) is 2. The van der Waals surface area contributed by atoms with Crippen molar-refractivity contribution in [3.05, 3.63) is 84.1 Å². The van der Waals surface area contributed by atoms with E-state index in [4.69, 9.17) is 4.43 Å². The number of carbonyl (C=O) groups is 1. The highest BCUT2D eigenvalue weighted by Crippen LogP contribution is 2.39. The second kappa shape index (κ2) is 10.7. The topological polar surface area (TPSA) is 26.3 Å². The molecule has 1 aliphatic carbocycles. The zero-order valence-electron chi connectivity index (χ0n) is 21.2. The third-order valence-electron chi connectivity index (χ3n) is 7.01. The van der Waals surface area contributed by atoms with Crippen LogP contribution in [0.5, 0.6) is 0 Å². The Morgan fingerprint density at radius 2 is 1.45 bits per heavy atom. The SMILES string of the molecule is C/C1=C(/O[Si](c2ccccc2)(c2ccccc2)C(C)(C)C)CC/C=C/[C@@H](C(C)C)CCC1=O. The molecule has 2 aromatic rings. The summed E-state index contributed by atoms with van der Waals surface area (Å²) in [5.41, 5.74) is 0.806. The summed E-state index contributed by atoms with van der Waals surface area (Å²) in [4.78, 5) is 13.3. The molecule has 1 atom stereocenters. The van der Waals surface area contributed by atoms with Gasteiger partial charge in [0.1, 0.15) is 0 Å². The van der Waals surface area contributed by atoms with Gasteiger partial charge in [-0.2, -0.15) is 0 Å². The maximum Gasteiger partial charge on any atom is 0.319 e. The lowest BCUT2D eigenvalue weighted by Crippen LogP contribution is -2.66. The van der Waals surface area contributed by atoms with E-state index in [1.165, 1.54) is 10.4 Å². The average molecular weight is 461 g/mol. The van der Waals surface area contributed by atoms with Crippen LogP contribution in [0.4, 0.5) is 0 Å². The molecule has 0 heterocycles. The van der Waals surface area contributed by atoms with E-state index in [0.717, 1.165) is 30.6 Å². The molecular formula is C30H40O2Si. The molecule has 0 fully saturated rings. The molecule has 0 N–H and O–H groups in total. The fourth-order valence-electron chi connectivity index (χ4n) is 4.93. The second-order valence-corrected chi connectivity index (χ2v) is 14.9. The van der Waals surface area contributed by atoms with Crippen molar-refractivity contribution in [2.45, 2.75) is 72.3 Å². The van der Waals surface area contributed by atoms with E-state index in [9.17, 15) is 4.79 Å². The van der Waals surface area contributed by atoms with E-state index < -0.39 is 8.32 Å². The van der Waals surface area contributed by atoms with E-state index in [1.54, 1.807) is 0 Å². The van der Waals surface area contributed by atoms with Crippen molar-refractivity contribution < 1.29 is 9.22 Å². The molecule has 0 spiro atoms. The first-order chi connectivity index (χ1) is 15.7. The normalized spacial score (nSPS) is 21.7. The summed E-state index contributed by atoms with van der Waals surface area (Å²) in [6.45, 7) is 13.3. The van der Waals surface area contributed by atoms with Gasteiger partial charge >= 0.3 is 8.32 Å². The van der Waals surface area contributed by atoms with Gasteiger partial charge in [-0.05, 0) is 47.0 Å². The van der Waals surface area contributed by atoms with Crippen molar-refractivity contribution in [3.63, 3.8) is 0 Å². The molecule has 2 nitrogen and oxygen atoms in total. The first-order valence-corrected chi connectivity index (χ1v) is 14.3. The molecule has 3 rings (SSSR count). The van der Waals surface area contributed by atoms with Crippen LogP contribution in [0.25, 0.3) is 0 Å². The van der Waals surface area contributed by atoms with Crippen LogP contribution in [0.3, 0.4) is 0 Å². The van der Waals surface area contributed by atoms with Crippen molar-refractivity contribution in [3.8, 4) is 0 Å². The standard InChI is InChI=1S/C30H40O2Si/c1-23(2)25-15-13-14-20-29(24(3)28(31)22-21-25)32-33(30(4,5)6,26-16-9-7-10-17-26)27-18-11-8-12-19-27/h7-13,15-19,23,25H,14,20-22H2,1-6H3/b15-13+,29-24-/t25-/m1/s1. The minimum atomic E-state index is -2.74. The first-order valence-electron chi connectivity index (χ1n) is 12.4. The van der Waals surface area contributed by atoms with Crippen molar-refractivity contribution in [1.29, 1.82) is 0 Å². The summed E-state index contributed by atoms with van der Waals surface area (Å²) in [7, 11) is -2.74. The highest BCUT2D eigenvalue weighted by molar-refractivity contribution is 6.99. The van der Waals surface area contributed by atoms with E-state index in [2.05, 4.69) is 107 Å². The molecule has 2 aromatic carbocycles. The number of Topliss-reactive ketones (excluding diaryl/α,β-unsaturated/α-hetero) is 1. The van der Waals surface area contributed by atoms with E-state index in [0.29, 0.717) is 18.3 Å². The zero-order chi connectivity index (χ0) is 24.1. The predicted octanol–water partition coefficient (Wildman–Crippen LogP) is 6.81. The third-order valence-corrected chi connectivity index (χ3v) is 12.0. The van der Waals surface area contributed by atoms with Gasteiger partial charge in [-0.1, -0.05) is 107 Å². The molecular weight excluding hydrogens is 420 g/mol. The number of rotatable bonds is 5. The molecule has 0 aliphatic heterocycles. The largest absolute Gasteiger partial charge is 0.537 e. The van der Waals surface area contributed by atoms with Gasteiger partial charge in [0.15, 0.2) is 5.78 Å². The molecule has 0 aromatic heterocycles. The van der Waals surface area contributed by atoms with E-state index in [-0.39, 0.29) is 10.8 Å². The van der Waals surface area contributed by atoms with Crippen LogP contribution in [-0.2, 0) is 9.22 Å². The Morgan fingerprint density at radius 1 is 0.909 bits per heavy atom. The summed E-state index contributed by atoms with van der Waals surface area (Å²) in [5, 5.41) is 2.35. The van der Waals surface area contributed by atoms with Gasteiger partial charge in [0.05, 0.1) is 5.76 Å². The Hall–Kier alpha value is -2.39. The molecule has 3 heteroatoms. The van der Waals surface area contributed by atoms with Gasteiger partial charge in [0.25, 0.3) is 0 Å². The quantitative estimate of drug-likeness (QED) is 0.362. The third kappa shape index (κ3) is 5.58. The first kappa shape index (κ1) is 25.2. The van der Waals surface area contributed by atoms with Gasteiger partial charge in [-0.3, -0.25) is 4.79 Å². The maximum absolute atomic E-state index is 13.3. The van der Waals surface area contributed by atoms with Gasteiger partial charge < -0.3 is 4.43 Å². The molecule has 0 saturated heterocycles. The van der Waals surface area contributed by atoms with Crippen molar-refractivity contribution >= 4 is 24.5 Å². The van der Waals surface area contributed by atoms with Crippen molar-refractivity contribution in [2.75, 3.05) is 0 Å². The molecule has 1 aliphatic rings. The molecule has 0 radical (unpaired) electrons. The summed E-state index contributed by atoms with van der Waals surface area (Å²) < 4.78 is 7.27. The lowest BCUT2D eigenvalue weighted by Gasteiger charge is -2.44. The summed E-state index contributed by atoms with van der Waals surface area (Å²) in [6.07, 6.45) is 7.73. The predicted molar refractivity (Wildman–Crippen MR) is 142 cm³/mol. The minimum Gasteiger partial charge on any atom is -0.537 e. The molecule has 0 unspecified atom stereocenters. The molecule has 176 valence electrons. The lowest BCUT2D eigenvalue weighted by molar-refractivity contribution is -0.116. The van der Waals surface area contributed by atoms with Crippen LogP contribution in [0, 0.1) is 11.8 Å². The van der Waals surface area contributed by atoms with Crippen LogP contribution in [0.2, 0.25) is 5.04 Å². The zero-order valence-corrected chi connectivity index (χ0v) is 22.2. The molecule has 0 saturated carbocycles.